The summed E-state index contributed by atoms with van der Waals surface area (Å²) < 4.78 is 6.29. The lowest BCUT2D eigenvalue weighted by molar-refractivity contribution is -0.140. The SMILES string of the molecule is COC(=O)C(Br)Cn1nc(C)c(Cl)c1C. The van der Waals surface area contributed by atoms with Gasteiger partial charge in [0.1, 0.15) is 4.83 Å². The van der Waals surface area contributed by atoms with Crippen molar-refractivity contribution in [3.63, 3.8) is 0 Å². The van der Waals surface area contributed by atoms with Crippen LogP contribution in [0.1, 0.15) is 11.4 Å². The zero-order valence-corrected chi connectivity index (χ0v) is 11.1. The molecule has 0 saturated heterocycles. The number of methoxy groups -OCH3 is 1. The highest BCUT2D eigenvalue weighted by atomic mass is 79.9. The number of hydrogen-bond donors (Lipinski definition) is 0. The van der Waals surface area contributed by atoms with E-state index in [-0.39, 0.29) is 5.97 Å². The number of esters is 1. The molecule has 0 fully saturated rings. The Morgan fingerprint density at radius 3 is 2.67 bits per heavy atom. The van der Waals surface area contributed by atoms with Crippen molar-refractivity contribution in [1.82, 2.24) is 9.78 Å². The molecule has 1 unspecified atom stereocenters. The standard InChI is InChI=1S/C9H12BrClN2O2/c1-5-8(11)6(2)13(12-5)4-7(10)9(14)15-3/h7H,4H2,1-3H3. The van der Waals surface area contributed by atoms with Crippen molar-refractivity contribution >= 4 is 33.5 Å². The fourth-order valence-electron chi connectivity index (χ4n) is 1.21. The first-order chi connectivity index (χ1) is 6.97. The van der Waals surface area contributed by atoms with Crippen LogP contribution in [0.25, 0.3) is 0 Å². The van der Waals surface area contributed by atoms with Crippen LogP contribution in [-0.4, -0.2) is 27.7 Å². The number of aryl methyl sites for hydroxylation is 1. The number of rotatable bonds is 3. The van der Waals surface area contributed by atoms with Crippen molar-refractivity contribution in [1.29, 1.82) is 0 Å². The number of aromatic nitrogens is 2. The van der Waals surface area contributed by atoms with E-state index in [1.807, 2.05) is 13.8 Å². The van der Waals surface area contributed by atoms with Gasteiger partial charge in [-0.25, -0.2) is 0 Å². The van der Waals surface area contributed by atoms with E-state index in [4.69, 9.17) is 11.6 Å². The molecule has 15 heavy (non-hydrogen) atoms. The van der Waals surface area contributed by atoms with Crippen LogP contribution in [0.2, 0.25) is 5.02 Å². The molecule has 0 bridgehead atoms. The number of nitrogens with zero attached hydrogens (tertiary/aromatic N) is 2. The lowest BCUT2D eigenvalue weighted by atomic mass is 10.4. The van der Waals surface area contributed by atoms with Gasteiger partial charge in [0, 0.05) is 0 Å². The molecule has 0 aliphatic carbocycles. The second-order valence-electron chi connectivity index (χ2n) is 3.16. The van der Waals surface area contributed by atoms with E-state index in [2.05, 4.69) is 25.8 Å². The summed E-state index contributed by atoms with van der Waals surface area (Å²) in [5.41, 5.74) is 1.61. The molecule has 6 heteroatoms. The molecule has 1 heterocycles. The monoisotopic (exact) mass is 294 g/mol. The van der Waals surface area contributed by atoms with Crippen molar-refractivity contribution in [3.8, 4) is 0 Å². The molecule has 0 spiro atoms. The summed E-state index contributed by atoms with van der Waals surface area (Å²) in [6.45, 7) is 4.10. The maximum Gasteiger partial charge on any atom is 0.321 e. The average Bonchev–Trinajstić information content (AvgIpc) is 2.45. The molecular weight excluding hydrogens is 283 g/mol. The molecule has 1 aromatic heterocycles. The van der Waals surface area contributed by atoms with Crippen LogP contribution >= 0.6 is 27.5 Å². The van der Waals surface area contributed by atoms with Gasteiger partial charge in [-0.05, 0) is 13.8 Å². The van der Waals surface area contributed by atoms with E-state index < -0.39 is 4.83 Å². The zero-order valence-electron chi connectivity index (χ0n) is 8.75. The highest BCUT2D eigenvalue weighted by Gasteiger charge is 2.18. The van der Waals surface area contributed by atoms with Crippen LogP contribution in [0.15, 0.2) is 0 Å². The van der Waals surface area contributed by atoms with Crippen molar-refractivity contribution in [2.45, 2.75) is 25.2 Å². The Hall–Kier alpha value is -0.550. The summed E-state index contributed by atoms with van der Waals surface area (Å²) in [5, 5.41) is 4.85. The first kappa shape index (κ1) is 12.5. The minimum absolute atomic E-state index is 0.321. The van der Waals surface area contributed by atoms with E-state index in [0.717, 1.165) is 11.4 Å². The first-order valence-corrected chi connectivity index (χ1v) is 5.68. The lowest BCUT2D eigenvalue weighted by Crippen LogP contribution is -2.22. The third-order valence-corrected chi connectivity index (χ3v) is 3.29. The highest BCUT2D eigenvalue weighted by Crippen LogP contribution is 2.20. The van der Waals surface area contributed by atoms with Gasteiger partial charge >= 0.3 is 5.97 Å². The predicted molar refractivity (Wildman–Crippen MR) is 61.4 cm³/mol. The van der Waals surface area contributed by atoms with Gasteiger partial charge in [-0.1, -0.05) is 27.5 Å². The minimum Gasteiger partial charge on any atom is -0.468 e. The minimum atomic E-state index is -0.406. The quantitative estimate of drug-likeness (QED) is 0.633. The van der Waals surface area contributed by atoms with E-state index >= 15 is 0 Å². The number of carbonyl (C=O) groups excluding carboxylic acids is 1. The summed E-state index contributed by atoms with van der Waals surface area (Å²) in [6.07, 6.45) is 0. The summed E-state index contributed by atoms with van der Waals surface area (Å²) in [5.74, 6) is -0.321. The molecule has 0 amide bonds. The van der Waals surface area contributed by atoms with Gasteiger partial charge in [0.15, 0.2) is 0 Å². The Kier molecular flexibility index (Phi) is 4.16. The first-order valence-electron chi connectivity index (χ1n) is 4.38. The van der Waals surface area contributed by atoms with Crippen LogP contribution in [0, 0.1) is 13.8 Å². The highest BCUT2D eigenvalue weighted by molar-refractivity contribution is 9.10. The van der Waals surface area contributed by atoms with Crippen LogP contribution in [0.4, 0.5) is 0 Å². The summed E-state index contributed by atoms with van der Waals surface area (Å²) >= 11 is 9.21. The molecule has 0 aliphatic rings. The molecule has 0 saturated carbocycles. The smallest absolute Gasteiger partial charge is 0.321 e. The largest absolute Gasteiger partial charge is 0.468 e. The molecule has 0 N–H and O–H groups in total. The van der Waals surface area contributed by atoms with Crippen LogP contribution in [0.3, 0.4) is 0 Å². The Morgan fingerprint density at radius 2 is 2.27 bits per heavy atom. The van der Waals surface area contributed by atoms with Gasteiger partial charge in [0.05, 0.1) is 30.1 Å². The maximum absolute atomic E-state index is 11.2. The van der Waals surface area contributed by atoms with E-state index in [0.29, 0.717) is 11.6 Å². The van der Waals surface area contributed by atoms with Gasteiger partial charge in [-0.3, -0.25) is 9.48 Å². The Bertz CT molecular complexity index is 378. The van der Waals surface area contributed by atoms with Crippen LogP contribution in [-0.2, 0) is 16.1 Å². The Balaban J connectivity index is 2.81. The second kappa shape index (κ2) is 4.99. The van der Waals surface area contributed by atoms with Gasteiger partial charge in [-0.15, -0.1) is 0 Å². The molecule has 0 aliphatic heterocycles. The molecular formula is C9H12BrClN2O2. The van der Waals surface area contributed by atoms with E-state index in [1.165, 1.54) is 7.11 Å². The van der Waals surface area contributed by atoms with Gasteiger partial charge in [-0.2, -0.15) is 5.10 Å². The van der Waals surface area contributed by atoms with Crippen LogP contribution in [0.5, 0.6) is 0 Å². The molecule has 84 valence electrons. The average molecular weight is 296 g/mol. The number of carbonyl (C=O) groups is 1. The maximum atomic E-state index is 11.2. The molecule has 1 rings (SSSR count). The lowest BCUT2D eigenvalue weighted by Gasteiger charge is -2.08. The Morgan fingerprint density at radius 1 is 1.67 bits per heavy atom. The fourth-order valence-corrected chi connectivity index (χ4v) is 1.80. The molecule has 0 radical (unpaired) electrons. The number of hydrogen-bond acceptors (Lipinski definition) is 3. The predicted octanol–water partition coefficient (Wildman–Crippen LogP) is 2.09. The van der Waals surface area contributed by atoms with Crippen LogP contribution < -0.4 is 0 Å². The fraction of sp³-hybridized carbons (Fsp3) is 0.556. The van der Waals surface area contributed by atoms with E-state index in [1.54, 1.807) is 4.68 Å². The molecule has 0 aromatic carbocycles. The van der Waals surface area contributed by atoms with E-state index in [9.17, 15) is 4.79 Å². The van der Waals surface area contributed by atoms with Gasteiger partial charge in [0.25, 0.3) is 0 Å². The Labute approximate surface area is 102 Å². The zero-order chi connectivity index (χ0) is 11.6. The molecule has 4 nitrogen and oxygen atoms in total. The van der Waals surface area contributed by atoms with Crippen molar-refractivity contribution in [3.05, 3.63) is 16.4 Å². The second-order valence-corrected chi connectivity index (χ2v) is 4.64. The topological polar surface area (TPSA) is 44.1 Å². The molecule has 1 atom stereocenters. The third-order valence-electron chi connectivity index (χ3n) is 2.08. The van der Waals surface area contributed by atoms with Crippen molar-refractivity contribution in [2.75, 3.05) is 7.11 Å². The van der Waals surface area contributed by atoms with Gasteiger partial charge in [0.2, 0.25) is 0 Å². The van der Waals surface area contributed by atoms with Gasteiger partial charge < -0.3 is 4.74 Å². The molecule has 1 aromatic rings. The summed E-state index contributed by atoms with van der Waals surface area (Å²) in [6, 6.07) is 0. The normalized spacial score (nSPS) is 12.6. The number of ether oxygens (including phenoxy) is 1. The third kappa shape index (κ3) is 2.72. The number of halogens is 2. The summed E-state index contributed by atoms with van der Waals surface area (Å²) in [4.78, 5) is 10.8. The summed E-state index contributed by atoms with van der Waals surface area (Å²) in [7, 11) is 1.35. The number of alkyl halides is 1. The van der Waals surface area contributed by atoms with Crippen molar-refractivity contribution in [2.24, 2.45) is 0 Å². The van der Waals surface area contributed by atoms with Crippen molar-refractivity contribution < 1.29 is 9.53 Å².